The number of carbonyl (C=O) groups is 1. The van der Waals surface area contributed by atoms with Crippen LogP contribution in [-0.4, -0.2) is 36.6 Å². The van der Waals surface area contributed by atoms with Crippen LogP contribution in [0.25, 0.3) is 0 Å². The molecule has 1 aliphatic heterocycles. The molecule has 0 bridgehead atoms. The SMILES string of the molecule is COc1cc(N2CCCC2=O)nc(OC)n1. The molecule has 0 N–H and O–H groups in total. The van der Waals surface area contributed by atoms with E-state index in [1.165, 1.54) is 14.2 Å². The summed E-state index contributed by atoms with van der Waals surface area (Å²) >= 11 is 0. The molecule has 2 rings (SSSR count). The first-order valence-corrected chi connectivity index (χ1v) is 5.02. The minimum atomic E-state index is 0.0720. The van der Waals surface area contributed by atoms with Crippen LogP contribution in [0.4, 0.5) is 5.82 Å². The number of anilines is 1. The molecule has 1 amide bonds. The number of methoxy groups -OCH3 is 2. The highest BCUT2D eigenvalue weighted by molar-refractivity contribution is 5.94. The lowest BCUT2D eigenvalue weighted by Crippen LogP contribution is -2.25. The molecule has 86 valence electrons. The van der Waals surface area contributed by atoms with Gasteiger partial charge in [0.2, 0.25) is 11.8 Å². The number of hydrogen-bond acceptors (Lipinski definition) is 5. The van der Waals surface area contributed by atoms with Crippen LogP contribution in [0.15, 0.2) is 6.07 Å². The summed E-state index contributed by atoms with van der Waals surface area (Å²) in [7, 11) is 2.99. The second kappa shape index (κ2) is 4.34. The first-order valence-electron chi connectivity index (χ1n) is 5.02. The molecule has 6 heteroatoms. The van der Waals surface area contributed by atoms with E-state index >= 15 is 0 Å². The Balaban J connectivity index is 2.35. The van der Waals surface area contributed by atoms with Crippen LogP contribution in [0, 0.1) is 0 Å². The number of hydrogen-bond donors (Lipinski definition) is 0. The normalized spacial score (nSPS) is 15.4. The zero-order valence-corrected chi connectivity index (χ0v) is 9.27. The van der Waals surface area contributed by atoms with Crippen LogP contribution in [0.5, 0.6) is 11.9 Å². The molecule has 0 spiro atoms. The maximum absolute atomic E-state index is 11.6. The van der Waals surface area contributed by atoms with E-state index in [1.54, 1.807) is 11.0 Å². The summed E-state index contributed by atoms with van der Waals surface area (Å²) in [5.41, 5.74) is 0. The maximum Gasteiger partial charge on any atom is 0.321 e. The Morgan fingerprint density at radius 1 is 1.31 bits per heavy atom. The van der Waals surface area contributed by atoms with Crippen molar-refractivity contribution in [2.75, 3.05) is 25.7 Å². The van der Waals surface area contributed by atoms with Crippen molar-refractivity contribution < 1.29 is 14.3 Å². The average molecular weight is 223 g/mol. The van der Waals surface area contributed by atoms with E-state index in [0.29, 0.717) is 24.7 Å². The number of ether oxygens (including phenoxy) is 2. The van der Waals surface area contributed by atoms with Crippen molar-refractivity contribution in [3.8, 4) is 11.9 Å². The number of aromatic nitrogens is 2. The lowest BCUT2D eigenvalue weighted by atomic mass is 10.4. The smallest absolute Gasteiger partial charge is 0.321 e. The minimum Gasteiger partial charge on any atom is -0.481 e. The van der Waals surface area contributed by atoms with Gasteiger partial charge in [0.1, 0.15) is 5.82 Å². The van der Waals surface area contributed by atoms with Gasteiger partial charge in [-0.1, -0.05) is 0 Å². The summed E-state index contributed by atoms with van der Waals surface area (Å²) in [5.74, 6) is 0.996. The zero-order valence-electron chi connectivity index (χ0n) is 9.27. The monoisotopic (exact) mass is 223 g/mol. The first-order chi connectivity index (χ1) is 7.74. The highest BCUT2D eigenvalue weighted by Gasteiger charge is 2.24. The molecular weight excluding hydrogens is 210 g/mol. The molecule has 0 atom stereocenters. The third-order valence-electron chi connectivity index (χ3n) is 2.41. The number of carbonyl (C=O) groups excluding carboxylic acids is 1. The number of nitrogens with zero attached hydrogens (tertiary/aromatic N) is 3. The maximum atomic E-state index is 11.6. The number of rotatable bonds is 3. The van der Waals surface area contributed by atoms with E-state index in [0.717, 1.165) is 6.42 Å². The van der Waals surface area contributed by atoms with Gasteiger partial charge in [-0.15, -0.1) is 0 Å². The van der Waals surface area contributed by atoms with Crippen LogP contribution in [0.1, 0.15) is 12.8 Å². The highest BCUT2D eigenvalue weighted by Crippen LogP contribution is 2.24. The second-order valence-corrected chi connectivity index (χ2v) is 3.40. The van der Waals surface area contributed by atoms with Crippen molar-refractivity contribution in [3.05, 3.63) is 6.07 Å². The van der Waals surface area contributed by atoms with Gasteiger partial charge in [-0.3, -0.25) is 9.69 Å². The fourth-order valence-corrected chi connectivity index (χ4v) is 1.62. The molecule has 2 heterocycles. The molecule has 1 saturated heterocycles. The van der Waals surface area contributed by atoms with Crippen molar-refractivity contribution in [3.63, 3.8) is 0 Å². The van der Waals surface area contributed by atoms with E-state index < -0.39 is 0 Å². The Morgan fingerprint density at radius 3 is 2.69 bits per heavy atom. The summed E-state index contributed by atoms with van der Waals surface area (Å²) in [6, 6.07) is 1.83. The summed E-state index contributed by atoms with van der Waals surface area (Å²) in [6.07, 6.45) is 1.42. The quantitative estimate of drug-likeness (QED) is 0.751. The van der Waals surface area contributed by atoms with E-state index in [-0.39, 0.29) is 11.9 Å². The van der Waals surface area contributed by atoms with Gasteiger partial charge in [-0.25, -0.2) is 0 Å². The summed E-state index contributed by atoms with van der Waals surface area (Å²) < 4.78 is 9.98. The topological polar surface area (TPSA) is 64.5 Å². The summed E-state index contributed by atoms with van der Waals surface area (Å²) in [6.45, 7) is 0.683. The third-order valence-corrected chi connectivity index (χ3v) is 2.41. The molecule has 1 aliphatic rings. The van der Waals surface area contributed by atoms with Crippen LogP contribution < -0.4 is 14.4 Å². The predicted molar refractivity (Wildman–Crippen MR) is 56.7 cm³/mol. The van der Waals surface area contributed by atoms with Crippen molar-refractivity contribution >= 4 is 11.7 Å². The lowest BCUT2D eigenvalue weighted by Gasteiger charge is -2.15. The number of amides is 1. The zero-order chi connectivity index (χ0) is 11.5. The largest absolute Gasteiger partial charge is 0.481 e. The Hall–Kier alpha value is -1.85. The van der Waals surface area contributed by atoms with Gasteiger partial charge >= 0.3 is 6.01 Å². The Labute approximate surface area is 93.2 Å². The molecule has 1 aromatic heterocycles. The van der Waals surface area contributed by atoms with Crippen LogP contribution >= 0.6 is 0 Å². The Kier molecular flexibility index (Phi) is 2.89. The average Bonchev–Trinajstić information content (AvgIpc) is 2.74. The van der Waals surface area contributed by atoms with Gasteiger partial charge in [0, 0.05) is 19.0 Å². The van der Waals surface area contributed by atoms with Gasteiger partial charge in [-0.05, 0) is 6.42 Å². The molecule has 1 aromatic rings. The van der Waals surface area contributed by atoms with Crippen molar-refractivity contribution in [1.82, 2.24) is 9.97 Å². The van der Waals surface area contributed by atoms with Crippen LogP contribution in [0.2, 0.25) is 0 Å². The van der Waals surface area contributed by atoms with Gasteiger partial charge < -0.3 is 9.47 Å². The molecule has 16 heavy (non-hydrogen) atoms. The summed E-state index contributed by atoms with van der Waals surface area (Å²) in [4.78, 5) is 21.3. The summed E-state index contributed by atoms with van der Waals surface area (Å²) in [5, 5.41) is 0. The van der Waals surface area contributed by atoms with Gasteiger partial charge in [0.25, 0.3) is 0 Å². The Bertz CT molecular complexity index is 386. The molecule has 6 nitrogen and oxygen atoms in total. The van der Waals surface area contributed by atoms with E-state index in [1.807, 2.05) is 0 Å². The minimum absolute atomic E-state index is 0.0720. The van der Waals surface area contributed by atoms with Crippen LogP contribution in [-0.2, 0) is 4.79 Å². The molecule has 0 saturated carbocycles. The van der Waals surface area contributed by atoms with Crippen LogP contribution in [0.3, 0.4) is 0 Å². The van der Waals surface area contributed by atoms with E-state index in [2.05, 4.69) is 9.97 Å². The fourth-order valence-electron chi connectivity index (χ4n) is 1.62. The van der Waals surface area contributed by atoms with Crippen molar-refractivity contribution in [2.45, 2.75) is 12.8 Å². The molecule has 0 aliphatic carbocycles. The lowest BCUT2D eigenvalue weighted by molar-refractivity contribution is -0.117. The molecule has 0 radical (unpaired) electrons. The highest BCUT2D eigenvalue weighted by atomic mass is 16.5. The standard InChI is InChI=1S/C10H13N3O3/c1-15-8-6-7(11-10(12-8)16-2)13-5-3-4-9(13)14/h6H,3-5H2,1-2H3. The van der Waals surface area contributed by atoms with Gasteiger partial charge in [0.05, 0.1) is 14.2 Å². The van der Waals surface area contributed by atoms with Gasteiger partial charge in [-0.2, -0.15) is 9.97 Å². The van der Waals surface area contributed by atoms with E-state index in [9.17, 15) is 4.79 Å². The first kappa shape index (κ1) is 10.7. The molecule has 0 unspecified atom stereocenters. The van der Waals surface area contributed by atoms with E-state index in [4.69, 9.17) is 9.47 Å². The third kappa shape index (κ3) is 1.91. The second-order valence-electron chi connectivity index (χ2n) is 3.40. The predicted octanol–water partition coefficient (Wildman–Crippen LogP) is 0.621. The van der Waals surface area contributed by atoms with Crippen molar-refractivity contribution in [2.24, 2.45) is 0 Å². The molecule has 0 aromatic carbocycles. The van der Waals surface area contributed by atoms with Gasteiger partial charge in [0.15, 0.2) is 0 Å². The Morgan fingerprint density at radius 2 is 2.12 bits per heavy atom. The fraction of sp³-hybridized carbons (Fsp3) is 0.500. The molecular formula is C10H13N3O3. The van der Waals surface area contributed by atoms with Crippen molar-refractivity contribution in [1.29, 1.82) is 0 Å². The molecule has 1 fully saturated rings.